The van der Waals surface area contributed by atoms with Gasteiger partial charge < -0.3 is 19.0 Å². The molecule has 17 heavy (non-hydrogen) atoms. The highest BCUT2D eigenvalue weighted by Gasteiger charge is 2.20. The lowest BCUT2D eigenvalue weighted by Gasteiger charge is -2.30. The van der Waals surface area contributed by atoms with E-state index in [4.69, 9.17) is 9.15 Å². The predicted molar refractivity (Wildman–Crippen MR) is 62.7 cm³/mol. The van der Waals surface area contributed by atoms with Gasteiger partial charge in [0, 0.05) is 20.1 Å². The first-order chi connectivity index (χ1) is 8.16. The number of morpholine rings is 1. The fraction of sp³-hybridized carbons (Fsp3) is 0.583. The number of amides is 2. The molecule has 0 bridgehead atoms. The van der Waals surface area contributed by atoms with Crippen molar-refractivity contribution in [2.75, 3.05) is 33.4 Å². The second kappa shape index (κ2) is 5.23. The van der Waals surface area contributed by atoms with E-state index in [1.54, 1.807) is 16.8 Å². The van der Waals surface area contributed by atoms with Crippen molar-refractivity contribution in [1.29, 1.82) is 0 Å². The lowest BCUT2D eigenvalue weighted by Crippen LogP contribution is -2.46. The third-order valence-corrected chi connectivity index (χ3v) is 2.80. The minimum atomic E-state index is 0.0300. The second-order valence-electron chi connectivity index (χ2n) is 4.25. The summed E-state index contributed by atoms with van der Waals surface area (Å²) < 4.78 is 10.7. The summed E-state index contributed by atoms with van der Waals surface area (Å²) in [6.07, 6.45) is 0. The Morgan fingerprint density at radius 3 is 2.71 bits per heavy atom. The number of hydrogen-bond donors (Lipinski definition) is 0. The number of rotatable bonds is 2. The number of ether oxygens (including phenoxy) is 1. The molecule has 0 unspecified atom stereocenters. The van der Waals surface area contributed by atoms with Crippen LogP contribution in [0.1, 0.15) is 11.5 Å². The van der Waals surface area contributed by atoms with E-state index in [0.29, 0.717) is 32.8 Å². The zero-order chi connectivity index (χ0) is 12.3. The molecule has 1 saturated heterocycles. The molecular formula is C12H18N2O3. The van der Waals surface area contributed by atoms with Crippen molar-refractivity contribution in [2.24, 2.45) is 0 Å². The maximum atomic E-state index is 12.1. The van der Waals surface area contributed by atoms with Crippen LogP contribution in [0.2, 0.25) is 0 Å². The predicted octanol–water partition coefficient (Wildman–Crippen LogP) is 1.47. The highest BCUT2D eigenvalue weighted by Crippen LogP contribution is 2.10. The normalized spacial score (nSPS) is 16.0. The van der Waals surface area contributed by atoms with Gasteiger partial charge in [-0.1, -0.05) is 0 Å². The number of urea groups is 1. The molecule has 0 aromatic carbocycles. The van der Waals surface area contributed by atoms with Crippen LogP contribution >= 0.6 is 0 Å². The molecule has 5 nitrogen and oxygen atoms in total. The van der Waals surface area contributed by atoms with Crippen molar-refractivity contribution >= 4 is 6.03 Å². The van der Waals surface area contributed by atoms with Gasteiger partial charge in [0.15, 0.2) is 0 Å². The van der Waals surface area contributed by atoms with E-state index in [1.165, 1.54) is 0 Å². The lowest BCUT2D eigenvalue weighted by atomic mass is 10.4. The molecule has 2 amide bonds. The average molecular weight is 238 g/mol. The summed E-state index contributed by atoms with van der Waals surface area (Å²) in [5.74, 6) is 1.68. The number of aryl methyl sites for hydroxylation is 1. The average Bonchev–Trinajstić information content (AvgIpc) is 2.75. The minimum Gasteiger partial charge on any atom is -0.464 e. The van der Waals surface area contributed by atoms with Crippen LogP contribution in [0.25, 0.3) is 0 Å². The molecule has 0 aliphatic carbocycles. The quantitative estimate of drug-likeness (QED) is 0.784. The van der Waals surface area contributed by atoms with Gasteiger partial charge in [0.25, 0.3) is 0 Å². The Morgan fingerprint density at radius 1 is 1.41 bits per heavy atom. The van der Waals surface area contributed by atoms with Crippen LogP contribution < -0.4 is 0 Å². The highest BCUT2D eigenvalue weighted by molar-refractivity contribution is 5.74. The van der Waals surface area contributed by atoms with E-state index in [9.17, 15) is 4.79 Å². The smallest absolute Gasteiger partial charge is 0.320 e. The molecule has 1 aromatic heterocycles. The molecule has 1 aliphatic rings. The molecule has 2 rings (SSSR count). The summed E-state index contributed by atoms with van der Waals surface area (Å²) in [6, 6.07) is 3.84. The van der Waals surface area contributed by atoms with E-state index < -0.39 is 0 Å². The zero-order valence-corrected chi connectivity index (χ0v) is 10.3. The number of carbonyl (C=O) groups is 1. The topological polar surface area (TPSA) is 45.9 Å². The van der Waals surface area contributed by atoms with Crippen LogP contribution in [0.4, 0.5) is 4.79 Å². The van der Waals surface area contributed by atoms with Crippen molar-refractivity contribution in [2.45, 2.75) is 13.5 Å². The van der Waals surface area contributed by atoms with Crippen LogP contribution in [0, 0.1) is 6.92 Å². The number of nitrogens with zero attached hydrogens (tertiary/aromatic N) is 2. The third-order valence-electron chi connectivity index (χ3n) is 2.80. The minimum absolute atomic E-state index is 0.0300. The molecule has 1 aliphatic heterocycles. The van der Waals surface area contributed by atoms with Crippen molar-refractivity contribution in [1.82, 2.24) is 9.80 Å². The largest absolute Gasteiger partial charge is 0.464 e. The Kier molecular flexibility index (Phi) is 3.68. The van der Waals surface area contributed by atoms with Crippen LogP contribution in [-0.2, 0) is 11.3 Å². The summed E-state index contributed by atoms with van der Waals surface area (Å²) >= 11 is 0. The van der Waals surface area contributed by atoms with Gasteiger partial charge in [-0.05, 0) is 19.1 Å². The van der Waals surface area contributed by atoms with E-state index in [-0.39, 0.29) is 6.03 Å². The van der Waals surface area contributed by atoms with Gasteiger partial charge >= 0.3 is 6.03 Å². The number of hydrogen-bond acceptors (Lipinski definition) is 3. The van der Waals surface area contributed by atoms with Gasteiger partial charge in [0.05, 0.1) is 19.8 Å². The Labute approximate surface area is 101 Å². The first kappa shape index (κ1) is 12.0. The summed E-state index contributed by atoms with van der Waals surface area (Å²) in [6.45, 7) is 4.98. The Balaban J connectivity index is 1.90. The molecule has 1 aromatic rings. The molecule has 0 saturated carbocycles. The van der Waals surface area contributed by atoms with Crippen molar-refractivity contribution < 1.29 is 13.9 Å². The Hall–Kier alpha value is -1.49. The molecule has 5 heteroatoms. The van der Waals surface area contributed by atoms with Gasteiger partial charge in [-0.15, -0.1) is 0 Å². The van der Waals surface area contributed by atoms with Gasteiger partial charge in [-0.2, -0.15) is 0 Å². The second-order valence-corrected chi connectivity index (χ2v) is 4.25. The standard InChI is InChI=1S/C12H18N2O3/c1-10-3-4-11(17-10)9-13(2)12(15)14-5-7-16-8-6-14/h3-4H,5-9H2,1-2H3. The zero-order valence-electron chi connectivity index (χ0n) is 10.3. The van der Waals surface area contributed by atoms with E-state index in [2.05, 4.69) is 0 Å². The summed E-state index contributed by atoms with van der Waals surface area (Å²) in [5, 5.41) is 0. The first-order valence-corrected chi connectivity index (χ1v) is 5.80. The van der Waals surface area contributed by atoms with Gasteiger partial charge in [-0.25, -0.2) is 4.79 Å². The van der Waals surface area contributed by atoms with Gasteiger partial charge in [-0.3, -0.25) is 0 Å². The molecule has 0 radical (unpaired) electrons. The molecule has 0 N–H and O–H groups in total. The fourth-order valence-corrected chi connectivity index (χ4v) is 1.87. The molecular weight excluding hydrogens is 220 g/mol. The summed E-state index contributed by atoms with van der Waals surface area (Å²) in [5.41, 5.74) is 0. The SMILES string of the molecule is Cc1ccc(CN(C)C(=O)N2CCOCC2)o1. The monoisotopic (exact) mass is 238 g/mol. The van der Waals surface area contributed by atoms with Crippen molar-refractivity contribution in [3.63, 3.8) is 0 Å². The molecule has 94 valence electrons. The maximum Gasteiger partial charge on any atom is 0.320 e. The lowest BCUT2D eigenvalue weighted by molar-refractivity contribution is 0.0443. The van der Waals surface area contributed by atoms with E-state index >= 15 is 0 Å². The summed E-state index contributed by atoms with van der Waals surface area (Å²) in [4.78, 5) is 15.5. The molecule has 1 fully saturated rings. The van der Waals surface area contributed by atoms with Crippen LogP contribution in [0.15, 0.2) is 16.5 Å². The first-order valence-electron chi connectivity index (χ1n) is 5.80. The summed E-state index contributed by atoms with van der Waals surface area (Å²) in [7, 11) is 1.79. The van der Waals surface area contributed by atoms with Gasteiger partial charge in [0.2, 0.25) is 0 Å². The van der Waals surface area contributed by atoms with E-state index in [0.717, 1.165) is 11.5 Å². The number of furan rings is 1. The molecule has 0 atom stereocenters. The third kappa shape index (κ3) is 3.00. The number of carbonyl (C=O) groups excluding carboxylic acids is 1. The maximum absolute atomic E-state index is 12.1. The Morgan fingerprint density at radius 2 is 2.12 bits per heavy atom. The molecule has 0 spiro atoms. The van der Waals surface area contributed by atoms with Crippen LogP contribution in [0.5, 0.6) is 0 Å². The van der Waals surface area contributed by atoms with E-state index in [1.807, 2.05) is 19.1 Å². The highest BCUT2D eigenvalue weighted by atomic mass is 16.5. The van der Waals surface area contributed by atoms with Crippen molar-refractivity contribution in [3.05, 3.63) is 23.7 Å². The Bertz CT molecular complexity index is 383. The molecule has 2 heterocycles. The van der Waals surface area contributed by atoms with Crippen molar-refractivity contribution in [3.8, 4) is 0 Å². The van der Waals surface area contributed by atoms with Crippen LogP contribution in [-0.4, -0.2) is 49.2 Å². The van der Waals surface area contributed by atoms with Gasteiger partial charge in [0.1, 0.15) is 11.5 Å². The van der Waals surface area contributed by atoms with Crippen LogP contribution in [0.3, 0.4) is 0 Å². The fourth-order valence-electron chi connectivity index (χ4n) is 1.87.